The zero-order valence-corrected chi connectivity index (χ0v) is 7.29. The number of carboxylic acid groups (broad SMARTS) is 1. The average Bonchev–Trinajstić information content (AvgIpc) is 2.05. The minimum atomic E-state index is -0.720. The zero-order chi connectivity index (χ0) is 8.97. The first kappa shape index (κ1) is 9.04. The van der Waals surface area contributed by atoms with Gasteiger partial charge in [-0.3, -0.25) is 4.79 Å². The van der Waals surface area contributed by atoms with Gasteiger partial charge in [-0.05, 0) is 24.3 Å². The van der Waals surface area contributed by atoms with E-state index in [0.29, 0.717) is 0 Å². The van der Waals surface area contributed by atoms with Gasteiger partial charge in [-0.25, -0.2) is 0 Å². The standard InChI is InChI=1S/C10H14O2/c1-8(7-10(11)12)9-5-3-2-4-6-9/h3,5-6,8H,2,4,7H2,1H3,(H,11,12)/t8-/m1/s1. The van der Waals surface area contributed by atoms with Crippen molar-refractivity contribution in [2.24, 2.45) is 5.92 Å². The van der Waals surface area contributed by atoms with Gasteiger partial charge in [0.25, 0.3) is 0 Å². The molecule has 1 atom stereocenters. The van der Waals surface area contributed by atoms with Gasteiger partial charge in [-0.15, -0.1) is 0 Å². The highest BCUT2D eigenvalue weighted by atomic mass is 16.4. The lowest BCUT2D eigenvalue weighted by atomic mass is 9.93. The lowest BCUT2D eigenvalue weighted by Gasteiger charge is -2.12. The molecule has 0 heterocycles. The summed E-state index contributed by atoms with van der Waals surface area (Å²) in [5.41, 5.74) is 1.17. The molecule has 0 aromatic carbocycles. The first-order valence-electron chi connectivity index (χ1n) is 4.28. The first-order valence-corrected chi connectivity index (χ1v) is 4.28. The van der Waals surface area contributed by atoms with Crippen LogP contribution in [0.2, 0.25) is 0 Å². The Hall–Kier alpha value is -1.05. The van der Waals surface area contributed by atoms with Crippen molar-refractivity contribution in [2.75, 3.05) is 0 Å². The van der Waals surface area contributed by atoms with Crippen molar-refractivity contribution in [1.82, 2.24) is 0 Å². The Balaban J connectivity index is 2.51. The normalized spacial score (nSPS) is 18.6. The summed E-state index contributed by atoms with van der Waals surface area (Å²) in [5.74, 6) is -0.568. The maximum atomic E-state index is 10.4. The highest BCUT2D eigenvalue weighted by Crippen LogP contribution is 2.20. The van der Waals surface area contributed by atoms with Crippen LogP contribution in [0.15, 0.2) is 23.8 Å². The predicted molar refractivity (Wildman–Crippen MR) is 47.9 cm³/mol. The van der Waals surface area contributed by atoms with E-state index in [4.69, 9.17) is 5.11 Å². The number of rotatable bonds is 3. The van der Waals surface area contributed by atoms with Crippen LogP contribution in [-0.2, 0) is 4.79 Å². The smallest absolute Gasteiger partial charge is 0.303 e. The molecule has 0 bridgehead atoms. The molecule has 0 saturated carbocycles. The molecule has 1 N–H and O–H groups in total. The van der Waals surface area contributed by atoms with Gasteiger partial charge < -0.3 is 5.11 Å². The second-order valence-corrected chi connectivity index (χ2v) is 3.18. The summed E-state index contributed by atoms with van der Waals surface area (Å²) < 4.78 is 0. The van der Waals surface area contributed by atoms with E-state index in [1.165, 1.54) is 5.57 Å². The zero-order valence-electron chi connectivity index (χ0n) is 7.29. The summed E-state index contributed by atoms with van der Waals surface area (Å²) in [4.78, 5) is 10.4. The van der Waals surface area contributed by atoms with Crippen LogP contribution in [0, 0.1) is 5.92 Å². The van der Waals surface area contributed by atoms with Crippen LogP contribution < -0.4 is 0 Å². The van der Waals surface area contributed by atoms with E-state index in [1.54, 1.807) is 0 Å². The van der Waals surface area contributed by atoms with E-state index in [-0.39, 0.29) is 12.3 Å². The molecule has 0 saturated heterocycles. The van der Waals surface area contributed by atoms with E-state index in [0.717, 1.165) is 12.8 Å². The van der Waals surface area contributed by atoms with Gasteiger partial charge in [0.1, 0.15) is 0 Å². The van der Waals surface area contributed by atoms with Crippen molar-refractivity contribution < 1.29 is 9.90 Å². The van der Waals surface area contributed by atoms with Crippen molar-refractivity contribution in [3.8, 4) is 0 Å². The molecule has 0 aromatic rings. The van der Waals surface area contributed by atoms with Crippen molar-refractivity contribution in [2.45, 2.75) is 26.2 Å². The third-order valence-corrected chi connectivity index (χ3v) is 2.07. The van der Waals surface area contributed by atoms with Crippen LogP contribution in [0.5, 0.6) is 0 Å². The van der Waals surface area contributed by atoms with Gasteiger partial charge >= 0.3 is 5.97 Å². The van der Waals surface area contributed by atoms with Crippen molar-refractivity contribution in [3.05, 3.63) is 23.8 Å². The molecule has 0 aromatic heterocycles. The Kier molecular flexibility index (Phi) is 3.09. The topological polar surface area (TPSA) is 37.3 Å². The molecule has 0 unspecified atom stereocenters. The van der Waals surface area contributed by atoms with Gasteiger partial charge in [-0.2, -0.15) is 0 Å². The van der Waals surface area contributed by atoms with Crippen LogP contribution >= 0.6 is 0 Å². The van der Waals surface area contributed by atoms with Gasteiger partial charge in [0.15, 0.2) is 0 Å². The molecule has 0 spiro atoms. The van der Waals surface area contributed by atoms with Crippen LogP contribution in [0.1, 0.15) is 26.2 Å². The molecule has 12 heavy (non-hydrogen) atoms. The fourth-order valence-corrected chi connectivity index (χ4v) is 1.38. The molecule has 1 rings (SSSR count). The van der Waals surface area contributed by atoms with Gasteiger partial charge in [-0.1, -0.05) is 25.2 Å². The summed E-state index contributed by atoms with van der Waals surface area (Å²) in [6.07, 6.45) is 8.65. The summed E-state index contributed by atoms with van der Waals surface area (Å²) in [7, 11) is 0. The van der Waals surface area contributed by atoms with Crippen molar-refractivity contribution in [1.29, 1.82) is 0 Å². The molecule has 2 heteroatoms. The maximum absolute atomic E-state index is 10.4. The van der Waals surface area contributed by atoms with Gasteiger partial charge in [0.2, 0.25) is 0 Å². The second kappa shape index (κ2) is 4.10. The Morgan fingerprint density at radius 2 is 2.42 bits per heavy atom. The maximum Gasteiger partial charge on any atom is 0.303 e. The van der Waals surface area contributed by atoms with E-state index in [2.05, 4.69) is 12.2 Å². The molecule has 0 amide bonds. The van der Waals surface area contributed by atoms with E-state index in [9.17, 15) is 4.79 Å². The summed E-state index contributed by atoms with van der Waals surface area (Å²) >= 11 is 0. The number of allylic oxidation sites excluding steroid dienone is 4. The molecular formula is C10H14O2. The fourth-order valence-electron chi connectivity index (χ4n) is 1.38. The summed E-state index contributed by atoms with van der Waals surface area (Å²) in [6, 6.07) is 0. The largest absolute Gasteiger partial charge is 0.481 e. The van der Waals surface area contributed by atoms with E-state index in [1.807, 2.05) is 13.0 Å². The fraction of sp³-hybridized carbons (Fsp3) is 0.500. The summed E-state index contributed by atoms with van der Waals surface area (Å²) in [6.45, 7) is 1.95. The number of carboxylic acids is 1. The average molecular weight is 166 g/mol. The number of aliphatic carboxylic acids is 1. The molecule has 0 fully saturated rings. The number of hydrogen-bond acceptors (Lipinski definition) is 1. The van der Waals surface area contributed by atoms with Crippen LogP contribution in [0.25, 0.3) is 0 Å². The SMILES string of the molecule is C[C@H](CC(=O)O)C1=CCCC=C1. The predicted octanol–water partition coefficient (Wildman–Crippen LogP) is 2.37. The Morgan fingerprint density at radius 3 is 2.92 bits per heavy atom. The number of carbonyl (C=O) groups is 1. The molecule has 0 aliphatic heterocycles. The molecule has 66 valence electrons. The van der Waals surface area contributed by atoms with Gasteiger partial charge in [0.05, 0.1) is 6.42 Å². The Labute approximate surface area is 72.6 Å². The highest BCUT2D eigenvalue weighted by molar-refractivity contribution is 5.67. The lowest BCUT2D eigenvalue weighted by Crippen LogP contribution is -2.06. The van der Waals surface area contributed by atoms with E-state index >= 15 is 0 Å². The third kappa shape index (κ3) is 2.53. The minimum absolute atomic E-state index is 0.152. The van der Waals surface area contributed by atoms with Crippen LogP contribution in [-0.4, -0.2) is 11.1 Å². The minimum Gasteiger partial charge on any atom is -0.481 e. The molecule has 1 aliphatic carbocycles. The second-order valence-electron chi connectivity index (χ2n) is 3.18. The Bertz CT molecular complexity index is 226. The van der Waals surface area contributed by atoms with Crippen molar-refractivity contribution in [3.63, 3.8) is 0 Å². The molecule has 1 aliphatic rings. The monoisotopic (exact) mass is 166 g/mol. The van der Waals surface area contributed by atoms with E-state index < -0.39 is 5.97 Å². The van der Waals surface area contributed by atoms with Crippen LogP contribution in [0.3, 0.4) is 0 Å². The van der Waals surface area contributed by atoms with Gasteiger partial charge in [0, 0.05) is 0 Å². The highest BCUT2D eigenvalue weighted by Gasteiger charge is 2.11. The van der Waals surface area contributed by atoms with Crippen LogP contribution in [0.4, 0.5) is 0 Å². The lowest BCUT2D eigenvalue weighted by molar-refractivity contribution is -0.137. The summed E-state index contributed by atoms with van der Waals surface area (Å²) in [5, 5.41) is 8.56. The quantitative estimate of drug-likeness (QED) is 0.698. The third-order valence-electron chi connectivity index (χ3n) is 2.07. The molecular weight excluding hydrogens is 152 g/mol. The number of hydrogen-bond donors (Lipinski definition) is 1. The van der Waals surface area contributed by atoms with Crippen molar-refractivity contribution >= 4 is 5.97 Å². The molecule has 0 radical (unpaired) electrons. The molecule has 2 nitrogen and oxygen atoms in total. The first-order chi connectivity index (χ1) is 5.70. The Morgan fingerprint density at radius 1 is 1.67 bits per heavy atom.